The van der Waals surface area contributed by atoms with Gasteiger partial charge in [-0.1, -0.05) is 11.6 Å². The lowest BCUT2D eigenvalue weighted by atomic mass is 10.1. The van der Waals surface area contributed by atoms with Crippen LogP contribution in [-0.2, 0) is 21.0 Å². The molecule has 0 saturated carbocycles. The second-order valence-corrected chi connectivity index (χ2v) is 7.94. The number of nitrogens with one attached hydrogen (secondary N) is 2. The quantitative estimate of drug-likeness (QED) is 0.650. The largest absolute Gasteiger partial charge is 0.495 e. The molecule has 0 unspecified atom stereocenters. The van der Waals surface area contributed by atoms with Gasteiger partial charge < -0.3 is 10.1 Å². The highest BCUT2D eigenvalue weighted by Crippen LogP contribution is 2.33. The van der Waals surface area contributed by atoms with Crippen molar-refractivity contribution in [2.75, 3.05) is 12.4 Å². The molecule has 2 aromatic rings. The molecule has 6 nitrogen and oxygen atoms in total. The van der Waals surface area contributed by atoms with Crippen LogP contribution >= 0.6 is 11.6 Å². The zero-order valence-corrected chi connectivity index (χ0v) is 16.5. The van der Waals surface area contributed by atoms with Gasteiger partial charge in [-0.25, -0.2) is 12.8 Å². The predicted octanol–water partition coefficient (Wildman–Crippen LogP) is 3.81. The third-order valence-electron chi connectivity index (χ3n) is 3.68. The number of hydrogen-bond donors (Lipinski definition) is 2. The normalized spacial score (nSPS) is 13.1. The van der Waals surface area contributed by atoms with Gasteiger partial charge in [0.1, 0.15) is 16.5 Å². The summed E-state index contributed by atoms with van der Waals surface area (Å²) in [6, 6.07) is 4.33. The van der Waals surface area contributed by atoms with Crippen molar-refractivity contribution in [1.82, 2.24) is 4.72 Å². The van der Waals surface area contributed by atoms with Gasteiger partial charge in [-0.3, -0.25) is 4.79 Å². The molecule has 12 heteroatoms. The molecule has 0 aliphatic carbocycles. The SMILES string of the molecule is COc1ccc(Cl)cc1S(=O)(=O)N[C@H](C)C(=O)Nc1ccc(F)c(C(F)(F)F)c1. The number of hydrogen-bond acceptors (Lipinski definition) is 4. The Morgan fingerprint density at radius 1 is 1.17 bits per heavy atom. The van der Waals surface area contributed by atoms with Gasteiger partial charge in [0.05, 0.1) is 18.7 Å². The van der Waals surface area contributed by atoms with Crippen molar-refractivity contribution in [3.63, 3.8) is 0 Å². The Hall–Kier alpha value is -2.37. The van der Waals surface area contributed by atoms with Crippen molar-refractivity contribution in [3.8, 4) is 5.75 Å². The van der Waals surface area contributed by atoms with Crippen LogP contribution in [0.3, 0.4) is 0 Å². The predicted molar refractivity (Wildman–Crippen MR) is 97.8 cm³/mol. The maximum atomic E-state index is 13.3. The fourth-order valence-electron chi connectivity index (χ4n) is 2.28. The van der Waals surface area contributed by atoms with Gasteiger partial charge in [0, 0.05) is 10.7 Å². The van der Waals surface area contributed by atoms with Gasteiger partial charge >= 0.3 is 6.18 Å². The Kier molecular flexibility index (Phi) is 6.76. The summed E-state index contributed by atoms with van der Waals surface area (Å²) in [4.78, 5) is 11.9. The van der Waals surface area contributed by atoms with Crippen molar-refractivity contribution < 1.29 is 35.5 Å². The Labute approximate surface area is 168 Å². The zero-order valence-electron chi connectivity index (χ0n) is 15.0. The van der Waals surface area contributed by atoms with Crippen molar-refractivity contribution in [2.45, 2.75) is 24.0 Å². The number of benzene rings is 2. The van der Waals surface area contributed by atoms with Crippen LogP contribution in [0, 0.1) is 5.82 Å². The molecule has 2 rings (SSSR count). The van der Waals surface area contributed by atoms with Gasteiger partial charge in [0.2, 0.25) is 15.9 Å². The first-order valence-electron chi connectivity index (χ1n) is 7.88. The molecule has 0 bridgehead atoms. The van der Waals surface area contributed by atoms with Gasteiger partial charge in [-0.15, -0.1) is 0 Å². The van der Waals surface area contributed by atoms with Crippen molar-refractivity contribution >= 4 is 33.2 Å². The van der Waals surface area contributed by atoms with Gasteiger partial charge in [0.25, 0.3) is 0 Å². The summed E-state index contributed by atoms with van der Waals surface area (Å²) in [5.74, 6) is -2.49. The van der Waals surface area contributed by atoms with Crippen molar-refractivity contribution in [3.05, 3.63) is 52.8 Å². The molecule has 2 aromatic carbocycles. The number of methoxy groups -OCH3 is 1. The molecule has 1 atom stereocenters. The summed E-state index contributed by atoms with van der Waals surface area (Å²) in [7, 11) is -3.02. The molecule has 0 saturated heterocycles. The highest BCUT2D eigenvalue weighted by atomic mass is 35.5. The van der Waals surface area contributed by atoms with Crippen molar-refractivity contribution in [2.24, 2.45) is 0 Å². The molecule has 0 spiro atoms. The summed E-state index contributed by atoms with van der Waals surface area (Å²) < 4.78 is 83.7. The fourth-order valence-corrected chi connectivity index (χ4v) is 3.92. The number of rotatable bonds is 6. The number of sulfonamides is 1. The van der Waals surface area contributed by atoms with E-state index in [0.29, 0.717) is 12.1 Å². The van der Waals surface area contributed by atoms with Crippen molar-refractivity contribution in [1.29, 1.82) is 0 Å². The van der Waals surface area contributed by atoms with E-state index in [0.717, 1.165) is 12.1 Å². The fraction of sp³-hybridized carbons (Fsp3) is 0.235. The van der Waals surface area contributed by atoms with E-state index in [2.05, 4.69) is 10.0 Å². The molecule has 0 aliphatic rings. The smallest absolute Gasteiger partial charge is 0.419 e. The molecular weight excluding hydrogens is 440 g/mol. The lowest BCUT2D eigenvalue weighted by molar-refractivity contribution is -0.140. The summed E-state index contributed by atoms with van der Waals surface area (Å²) in [5, 5.41) is 2.21. The van der Waals surface area contributed by atoms with Crippen LogP contribution in [0.15, 0.2) is 41.3 Å². The zero-order chi connectivity index (χ0) is 22.0. The molecule has 0 radical (unpaired) electrons. The summed E-state index contributed by atoms with van der Waals surface area (Å²) in [5.41, 5.74) is -1.91. The minimum Gasteiger partial charge on any atom is -0.495 e. The Balaban J connectivity index is 2.20. The summed E-state index contributed by atoms with van der Waals surface area (Å²) in [6.07, 6.45) is -4.96. The number of amides is 1. The molecule has 0 fully saturated rings. The van der Waals surface area contributed by atoms with E-state index >= 15 is 0 Å². The van der Waals surface area contributed by atoms with E-state index in [1.165, 1.54) is 26.2 Å². The average molecular weight is 455 g/mol. The van der Waals surface area contributed by atoms with Crippen LogP contribution in [0.5, 0.6) is 5.75 Å². The Bertz CT molecular complexity index is 1030. The topological polar surface area (TPSA) is 84.5 Å². The second kappa shape index (κ2) is 8.56. The molecule has 0 aliphatic heterocycles. The highest BCUT2D eigenvalue weighted by molar-refractivity contribution is 7.89. The lowest BCUT2D eigenvalue weighted by Crippen LogP contribution is -2.41. The second-order valence-electron chi connectivity index (χ2n) is 5.82. The minimum atomic E-state index is -4.96. The van der Waals surface area contributed by atoms with E-state index in [1.54, 1.807) is 0 Å². The Morgan fingerprint density at radius 2 is 1.83 bits per heavy atom. The molecule has 1 amide bonds. The Morgan fingerprint density at radius 3 is 2.41 bits per heavy atom. The minimum absolute atomic E-state index is 0.0251. The van der Waals surface area contributed by atoms with Crippen LogP contribution in [0.1, 0.15) is 12.5 Å². The molecule has 2 N–H and O–H groups in total. The van der Waals surface area contributed by atoms with Crippen LogP contribution < -0.4 is 14.8 Å². The van der Waals surface area contributed by atoms with Gasteiger partial charge in [-0.2, -0.15) is 17.9 Å². The third-order valence-corrected chi connectivity index (χ3v) is 5.48. The number of halogens is 5. The van der Waals surface area contributed by atoms with Crippen LogP contribution in [0.25, 0.3) is 0 Å². The lowest BCUT2D eigenvalue weighted by Gasteiger charge is -2.17. The number of ether oxygens (including phenoxy) is 1. The molecular formula is C17H15ClF4N2O4S. The first kappa shape index (κ1) is 22.9. The molecule has 0 aromatic heterocycles. The number of carbonyl (C=O) groups is 1. The first-order valence-corrected chi connectivity index (χ1v) is 9.74. The standard InChI is InChI=1S/C17H15ClF4N2O4S/c1-9(24-29(26,27)15-7-10(18)3-6-14(15)28-2)16(25)23-11-4-5-13(19)12(8-11)17(20,21)22/h3-9,24H,1-2H3,(H,23,25)/t9-/m1/s1. The van der Waals surface area contributed by atoms with E-state index < -0.39 is 39.5 Å². The third kappa shape index (κ3) is 5.58. The molecule has 29 heavy (non-hydrogen) atoms. The molecule has 158 valence electrons. The van der Waals surface area contributed by atoms with Crippen LogP contribution in [0.4, 0.5) is 23.2 Å². The summed E-state index contributed by atoms with van der Waals surface area (Å²) in [6.45, 7) is 1.18. The van der Waals surface area contributed by atoms with Crippen LogP contribution in [-0.4, -0.2) is 27.5 Å². The van der Waals surface area contributed by atoms with E-state index in [1.807, 2.05) is 0 Å². The maximum absolute atomic E-state index is 13.3. The molecule has 0 heterocycles. The van der Waals surface area contributed by atoms with E-state index in [-0.39, 0.29) is 21.4 Å². The summed E-state index contributed by atoms with van der Waals surface area (Å²) >= 11 is 5.80. The maximum Gasteiger partial charge on any atom is 0.419 e. The first-order chi connectivity index (χ1) is 13.3. The van der Waals surface area contributed by atoms with Gasteiger partial charge in [0.15, 0.2) is 0 Å². The monoisotopic (exact) mass is 454 g/mol. The van der Waals surface area contributed by atoms with Gasteiger partial charge in [-0.05, 0) is 43.3 Å². The number of anilines is 1. The van der Waals surface area contributed by atoms with E-state index in [9.17, 15) is 30.8 Å². The van der Waals surface area contributed by atoms with Crippen LogP contribution in [0.2, 0.25) is 5.02 Å². The highest BCUT2D eigenvalue weighted by Gasteiger charge is 2.34. The van der Waals surface area contributed by atoms with E-state index in [4.69, 9.17) is 16.3 Å². The number of alkyl halides is 3. The average Bonchev–Trinajstić information content (AvgIpc) is 2.61. The number of carbonyl (C=O) groups excluding carboxylic acids is 1.